The second-order valence-electron chi connectivity index (χ2n) is 7.64. The Hall–Kier alpha value is -3.42. The predicted molar refractivity (Wildman–Crippen MR) is 123 cm³/mol. The van der Waals surface area contributed by atoms with E-state index in [1.54, 1.807) is 31.4 Å². The highest BCUT2D eigenvalue weighted by Crippen LogP contribution is 2.28. The molecule has 32 heavy (non-hydrogen) atoms. The molecule has 0 saturated carbocycles. The summed E-state index contributed by atoms with van der Waals surface area (Å²) in [7, 11) is 1.56. The molecule has 166 valence electrons. The number of methoxy groups -OCH3 is 1. The number of allylic oxidation sites excluding steroid dienone is 1. The van der Waals surface area contributed by atoms with E-state index in [0.29, 0.717) is 28.8 Å². The third-order valence-corrected chi connectivity index (χ3v) is 5.50. The molecule has 0 aliphatic carbocycles. The van der Waals surface area contributed by atoms with Crippen molar-refractivity contribution in [3.8, 4) is 5.75 Å². The molecule has 0 atom stereocenters. The van der Waals surface area contributed by atoms with Crippen molar-refractivity contribution in [1.82, 2.24) is 4.90 Å². The van der Waals surface area contributed by atoms with Gasteiger partial charge in [-0.05, 0) is 42.3 Å². The molecule has 3 aromatic rings. The van der Waals surface area contributed by atoms with Crippen LogP contribution >= 0.6 is 0 Å². The van der Waals surface area contributed by atoms with Gasteiger partial charge in [0.15, 0.2) is 0 Å². The van der Waals surface area contributed by atoms with Crippen LogP contribution in [0.25, 0.3) is 11.0 Å². The lowest BCUT2D eigenvalue weighted by atomic mass is 10.1. The molecule has 7 nitrogen and oxygen atoms in total. The van der Waals surface area contributed by atoms with Crippen LogP contribution in [0.5, 0.6) is 5.75 Å². The second kappa shape index (κ2) is 9.80. The van der Waals surface area contributed by atoms with Crippen LogP contribution < -0.4 is 15.7 Å². The van der Waals surface area contributed by atoms with E-state index in [9.17, 15) is 9.59 Å². The Labute approximate surface area is 186 Å². The molecule has 0 radical (unpaired) electrons. The highest BCUT2D eigenvalue weighted by atomic mass is 16.5. The molecular weight excluding hydrogens is 408 g/mol. The van der Waals surface area contributed by atoms with Crippen molar-refractivity contribution in [1.29, 1.82) is 0 Å². The summed E-state index contributed by atoms with van der Waals surface area (Å²) < 4.78 is 16.3. The maximum absolute atomic E-state index is 12.8. The predicted octanol–water partition coefficient (Wildman–Crippen LogP) is 3.61. The van der Waals surface area contributed by atoms with Crippen molar-refractivity contribution in [2.45, 2.75) is 13.0 Å². The molecule has 4 rings (SSSR count). The number of benzene rings is 2. The number of nitrogens with zero attached hydrogens (tertiary/aromatic N) is 1. The van der Waals surface area contributed by atoms with Gasteiger partial charge in [-0.25, -0.2) is 4.79 Å². The van der Waals surface area contributed by atoms with Gasteiger partial charge in [0.1, 0.15) is 16.9 Å². The molecule has 2 aromatic carbocycles. The van der Waals surface area contributed by atoms with Gasteiger partial charge >= 0.3 is 5.63 Å². The average Bonchev–Trinajstić information content (AvgIpc) is 2.81. The van der Waals surface area contributed by atoms with E-state index in [1.165, 1.54) is 0 Å². The van der Waals surface area contributed by atoms with Gasteiger partial charge in [0.05, 0.1) is 20.3 Å². The molecule has 0 spiro atoms. The fourth-order valence-electron chi connectivity index (χ4n) is 3.82. The zero-order valence-electron chi connectivity index (χ0n) is 18.1. The zero-order valence-corrected chi connectivity index (χ0v) is 18.1. The number of carbonyl (C=O) groups excluding carboxylic acids is 1. The molecule has 0 bridgehead atoms. The summed E-state index contributed by atoms with van der Waals surface area (Å²) in [5, 5.41) is 3.43. The highest BCUT2D eigenvalue weighted by Gasteiger charge is 2.17. The van der Waals surface area contributed by atoms with Crippen LogP contribution in [0.4, 0.5) is 5.69 Å². The number of anilines is 1. The van der Waals surface area contributed by atoms with E-state index in [4.69, 9.17) is 13.9 Å². The third kappa shape index (κ3) is 4.74. The zero-order chi connectivity index (χ0) is 22.5. The standard InChI is InChI=1S/C25H26N2O5/c1-3-4-20-22(30-2)10-7-18-15-21(25(29)32-23(18)20)24(28)26-19-8-5-17(6-9-19)16-27-11-13-31-14-12-27/h3,5-10,15H,1,4,11-14,16H2,2H3,(H,26,28). The van der Waals surface area contributed by atoms with Crippen LogP contribution in [0.2, 0.25) is 0 Å². The van der Waals surface area contributed by atoms with Gasteiger partial charge in [-0.15, -0.1) is 6.58 Å². The Morgan fingerprint density at radius 3 is 2.62 bits per heavy atom. The lowest BCUT2D eigenvalue weighted by Gasteiger charge is -2.26. The molecule has 1 fully saturated rings. The van der Waals surface area contributed by atoms with Crippen molar-refractivity contribution in [2.75, 3.05) is 38.7 Å². The summed E-state index contributed by atoms with van der Waals surface area (Å²) >= 11 is 0. The molecule has 2 heterocycles. The maximum Gasteiger partial charge on any atom is 0.349 e. The summed E-state index contributed by atoms with van der Waals surface area (Å²) in [4.78, 5) is 27.7. The number of hydrogen-bond donors (Lipinski definition) is 1. The first-order valence-corrected chi connectivity index (χ1v) is 10.5. The number of rotatable bonds is 7. The fraction of sp³-hybridized carbons (Fsp3) is 0.280. The summed E-state index contributed by atoms with van der Waals surface area (Å²) in [5.74, 6) is 0.0950. The van der Waals surface area contributed by atoms with Gasteiger partial charge in [0.2, 0.25) is 0 Å². The summed E-state index contributed by atoms with van der Waals surface area (Å²) in [6.45, 7) is 7.92. The lowest BCUT2D eigenvalue weighted by Crippen LogP contribution is -2.35. The first kappa shape index (κ1) is 21.8. The smallest absolute Gasteiger partial charge is 0.349 e. The molecule has 1 aromatic heterocycles. The van der Waals surface area contributed by atoms with E-state index < -0.39 is 11.5 Å². The van der Waals surface area contributed by atoms with Crippen molar-refractivity contribution in [2.24, 2.45) is 0 Å². The number of amides is 1. The Kier molecular flexibility index (Phi) is 6.68. The van der Waals surface area contributed by atoms with Gasteiger partial charge in [-0.3, -0.25) is 9.69 Å². The van der Waals surface area contributed by atoms with Crippen molar-refractivity contribution in [3.63, 3.8) is 0 Å². The summed E-state index contributed by atoms with van der Waals surface area (Å²) in [6.07, 6.45) is 2.19. The molecule has 1 N–H and O–H groups in total. The number of hydrogen-bond acceptors (Lipinski definition) is 6. The van der Waals surface area contributed by atoms with E-state index in [2.05, 4.69) is 16.8 Å². The Bertz CT molecular complexity index is 1180. The molecule has 1 amide bonds. The van der Waals surface area contributed by atoms with Crippen LogP contribution in [-0.2, 0) is 17.7 Å². The number of carbonyl (C=O) groups is 1. The number of fused-ring (bicyclic) bond motifs is 1. The third-order valence-electron chi connectivity index (χ3n) is 5.50. The van der Waals surface area contributed by atoms with Gasteiger partial charge in [-0.2, -0.15) is 0 Å². The summed E-state index contributed by atoms with van der Waals surface area (Å²) in [6, 6.07) is 12.7. The Morgan fingerprint density at radius 2 is 1.94 bits per heavy atom. The Morgan fingerprint density at radius 1 is 1.19 bits per heavy atom. The van der Waals surface area contributed by atoms with Crippen LogP contribution in [-0.4, -0.2) is 44.2 Å². The van der Waals surface area contributed by atoms with Crippen LogP contribution in [0, 0.1) is 0 Å². The normalized spacial score (nSPS) is 14.3. The minimum absolute atomic E-state index is 0.0513. The van der Waals surface area contributed by atoms with E-state index >= 15 is 0 Å². The van der Waals surface area contributed by atoms with Gasteiger partial charge in [0.25, 0.3) is 5.91 Å². The molecule has 1 aliphatic heterocycles. The van der Waals surface area contributed by atoms with Gasteiger partial charge < -0.3 is 19.2 Å². The SMILES string of the molecule is C=CCc1c(OC)ccc2cc(C(=O)Nc3ccc(CN4CCOCC4)cc3)c(=O)oc12. The molecule has 7 heteroatoms. The van der Waals surface area contributed by atoms with Crippen molar-refractivity contribution in [3.05, 3.63) is 82.2 Å². The van der Waals surface area contributed by atoms with Crippen LogP contribution in [0.3, 0.4) is 0 Å². The van der Waals surface area contributed by atoms with Gasteiger partial charge in [-0.1, -0.05) is 18.2 Å². The fourth-order valence-corrected chi connectivity index (χ4v) is 3.82. The highest BCUT2D eigenvalue weighted by molar-refractivity contribution is 6.05. The van der Waals surface area contributed by atoms with Crippen LogP contribution in [0.15, 0.2) is 64.3 Å². The van der Waals surface area contributed by atoms with E-state index in [-0.39, 0.29) is 5.56 Å². The van der Waals surface area contributed by atoms with Crippen LogP contribution in [0.1, 0.15) is 21.5 Å². The Balaban J connectivity index is 1.52. The number of morpholine rings is 1. The monoisotopic (exact) mass is 434 g/mol. The number of ether oxygens (including phenoxy) is 2. The minimum Gasteiger partial charge on any atom is -0.496 e. The summed E-state index contributed by atoms with van der Waals surface area (Å²) in [5.41, 5.74) is 2.14. The van der Waals surface area contributed by atoms with Crippen molar-refractivity contribution < 1.29 is 18.7 Å². The van der Waals surface area contributed by atoms with Crippen molar-refractivity contribution >= 4 is 22.6 Å². The van der Waals surface area contributed by atoms with E-state index in [0.717, 1.165) is 44.0 Å². The first-order chi connectivity index (χ1) is 15.6. The number of nitrogens with one attached hydrogen (secondary N) is 1. The largest absolute Gasteiger partial charge is 0.496 e. The van der Waals surface area contributed by atoms with Gasteiger partial charge in [0, 0.05) is 36.3 Å². The average molecular weight is 434 g/mol. The lowest BCUT2D eigenvalue weighted by molar-refractivity contribution is 0.0342. The molecule has 1 aliphatic rings. The molecule has 1 saturated heterocycles. The first-order valence-electron chi connectivity index (χ1n) is 10.5. The quantitative estimate of drug-likeness (QED) is 0.452. The molecule has 0 unspecified atom stereocenters. The minimum atomic E-state index is -0.697. The second-order valence-corrected chi connectivity index (χ2v) is 7.64. The topological polar surface area (TPSA) is 81.0 Å². The molecular formula is C25H26N2O5. The maximum atomic E-state index is 12.8. The van der Waals surface area contributed by atoms with E-state index in [1.807, 2.05) is 24.3 Å².